The summed E-state index contributed by atoms with van der Waals surface area (Å²) in [6.07, 6.45) is -4.63. The van der Waals surface area contributed by atoms with E-state index in [-0.39, 0.29) is 30.7 Å². The van der Waals surface area contributed by atoms with Gasteiger partial charge in [0.2, 0.25) is 17.4 Å². The summed E-state index contributed by atoms with van der Waals surface area (Å²) in [6, 6.07) is 2.27. The van der Waals surface area contributed by atoms with Gasteiger partial charge in [0.1, 0.15) is 11.5 Å². The Morgan fingerprint density at radius 3 is 2.38 bits per heavy atom. The molecule has 1 heterocycles. The van der Waals surface area contributed by atoms with Crippen LogP contribution in [0.15, 0.2) is 16.5 Å². The fourth-order valence-electron chi connectivity index (χ4n) is 2.16. The number of alkyl halides is 3. The first-order chi connectivity index (χ1) is 11.1. The first-order valence-electron chi connectivity index (χ1n) is 7.54. The number of carbonyl (C=O) groups is 2. The van der Waals surface area contributed by atoms with Crippen molar-refractivity contribution in [2.45, 2.75) is 38.0 Å². The minimum Gasteiger partial charge on any atom is -0.463 e. The lowest BCUT2D eigenvalue weighted by atomic mass is 9.95. The van der Waals surface area contributed by atoms with Crippen LogP contribution in [0.4, 0.5) is 13.2 Å². The average Bonchev–Trinajstić information content (AvgIpc) is 3.24. The van der Waals surface area contributed by atoms with Crippen LogP contribution in [-0.2, 0) is 15.2 Å². The van der Waals surface area contributed by atoms with E-state index in [0.29, 0.717) is 0 Å². The minimum atomic E-state index is -5.07. The van der Waals surface area contributed by atoms with Crippen LogP contribution in [0.2, 0.25) is 0 Å². The van der Waals surface area contributed by atoms with E-state index in [0.717, 1.165) is 18.9 Å². The average molecular weight is 348 g/mol. The molecular weight excluding hydrogens is 329 g/mol. The zero-order valence-electron chi connectivity index (χ0n) is 13.1. The molecule has 24 heavy (non-hydrogen) atoms. The third-order valence-corrected chi connectivity index (χ3v) is 3.73. The molecule has 6 nitrogen and oxygen atoms in total. The predicted molar refractivity (Wildman–Crippen MR) is 76.8 cm³/mol. The molecule has 1 aromatic rings. The Balaban J connectivity index is 1.89. The van der Waals surface area contributed by atoms with Crippen LogP contribution in [0, 0.1) is 12.8 Å². The fourth-order valence-corrected chi connectivity index (χ4v) is 2.16. The molecule has 1 fully saturated rings. The van der Waals surface area contributed by atoms with Crippen LogP contribution in [0.25, 0.3) is 0 Å². The monoisotopic (exact) mass is 348 g/mol. The number of rotatable bonds is 7. The van der Waals surface area contributed by atoms with Crippen molar-refractivity contribution in [2.24, 2.45) is 5.92 Å². The van der Waals surface area contributed by atoms with Crippen LogP contribution in [-0.4, -0.2) is 36.2 Å². The normalized spacial score (nSPS) is 17.2. The topological polar surface area (TPSA) is 91.6 Å². The van der Waals surface area contributed by atoms with Crippen molar-refractivity contribution >= 4 is 11.8 Å². The molecule has 1 unspecified atom stereocenters. The Bertz CT molecular complexity index is 610. The standard InChI is InChI=1S/C15H19F3N2O4/c1-9-2-5-11(24-9)14(23,15(16,17)18)8-12(21)19-6-7-20-13(22)10-3-4-10/h2,5,10,23H,3-4,6-8H2,1H3,(H,19,21)(H,20,22). The highest BCUT2D eigenvalue weighted by molar-refractivity contribution is 5.81. The predicted octanol–water partition coefficient (Wildman–Crippen LogP) is 1.37. The van der Waals surface area contributed by atoms with Gasteiger partial charge < -0.3 is 20.2 Å². The Hall–Kier alpha value is -2.03. The maximum absolute atomic E-state index is 13.2. The lowest BCUT2D eigenvalue weighted by Crippen LogP contribution is -2.46. The van der Waals surface area contributed by atoms with Crippen molar-refractivity contribution in [3.05, 3.63) is 23.7 Å². The number of hydrogen-bond donors (Lipinski definition) is 3. The van der Waals surface area contributed by atoms with Crippen LogP contribution in [0.5, 0.6) is 0 Å². The smallest absolute Gasteiger partial charge is 0.425 e. The molecule has 0 spiro atoms. The molecule has 0 bridgehead atoms. The lowest BCUT2D eigenvalue weighted by Gasteiger charge is -2.28. The van der Waals surface area contributed by atoms with Gasteiger partial charge in [0.15, 0.2) is 0 Å². The quantitative estimate of drug-likeness (QED) is 0.649. The number of nitrogens with one attached hydrogen (secondary N) is 2. The van der Waals surface area contributed by atoms with Crippen molar-refractivity contribution in [2.75, 3.05) is 13.1 Å². The van der Waals surface area contributed by atoms with Gasteiger partial charge in [-0.2, -0.15) is 13.2 Å². The zero-order valence-corrected chi connectivity index (χ0v) is 13.1. The lowest BCUT2D eigenvalue weighted by molar-refractivity contribution is -0.273. The maximum Gasteiger partial charge on any atom is 0.425 e. The second-order valence-corrected chi connectivity index (χ2v) is 5.86. The molecule has 3 N–H and O–H groups in total. The van der Waals surface area contributed by atoms with Crippen molar-refractivity contribution < 1.29 is 32.3 Å². The van der Waals surface area contributed by atoms with Crippen LogP contribution in [0.3, 0.4) is 0 Å². The largest absolute Gasteiger partial charge is 0.463 e. The Labute approximate surface area is 136 Å². The number of aryl methyl sites for hydroxylation is 1. The molecule has 1 aliphatic rings. The molecule has 1 aliphatic carbocycles. The second-order valence-electron chi connectivity index (χ2n) is 5.86. The molecule has 1 saturated carbocycles. The van der Waals surface area contributed by atoms with E-state index in [1.54, 1.807) is 0 Å². The number of amides is 2. The van der Waals surface area contributed by atoms with Crippen molar-refractivity contribution in [3.63, 3.8) is 0 Å². The van der Waals surface area contributed by atoms with Gasteiger partial charge in [-0.3, -0.25) is 9.59 Å². The zero-order chi connectivity index (χ0) is 18.0. The van der Waals surface area contributed by atoms with Gasteiger partial charge in [-0.15, -0.1) is 0 Å². The highest BCUT2D eigenvalue weighted by atomic mass is 19.4. The van der Waals surface area contributed by atoms with Crippen molar-refractivity contribution in [3.8, 4) is 0 Å². The van der Waals surface area contributed by atoms with Gasteiger partial charge in [0.25, 0.3) is 0 Å². The van der Waals surface area contributed by atoms with E-state index in [2.05, 4.69) is 10.6 Å². The summed E-state index contributed by atoms with van der Waals surface area (Å²) in [5, 5.41) is 14.8. The van der Waals surface area contributed by atoms with Crippen molar-refractivity contribution in [1.82, 2.24) is 10.6 Å². The van der Waals surface area contributed by atoms with Gasteiger partial charge >= 0.3 is 6.18 Å². The van der Waals surface area contributed by atoms with Gasteiger partial charge in [0.05, 0.1) is 6.42 Å². The Morgan fingerprint density at radius 1 is 1.25 bits per heavy atom. The molecule has 0 aromatic carbocycles. The Kier molecular flexibility index (Phi) is 5.22. The third kappa shape index (κ3) is 4.28. The molecular formula is C15H19F3N2O4. The van der Waals surface area contributed by atoms with Gasteiger partial charge in [-0.05, 0) is 31.9 Å². The number of carbonyl (C=O) groups excluding carboxylic acids is 2. The molecule has 9 heteroatoms. The summed E-state index contributed by atoms with van der Waals surface area (Å²) in [6.45, 7) is 1.52. The second kappa shape index (κ2) is 6.84. The Morgan fingerprint density at radius 2 is 1.88 bits per heavy atom. The number of aliphatic hydroxyl groups is 1. The number of halogens is 3. The number of hydrogen-bond acceptors (Lipinski definition) is 4. The highest BCUT2D eigenvalue weighted by Crippen LogP contribution is 2.42. The molecule has 1 atom stereocenters. The summed E-state index contributed by atoms with van der Waals surface area (Å²) in [5.41, 5.74) is -3.40. The fraction of sp³-hybridized carbons (Fsp3) is 0.600. The van der Waals surface area contributed by atoms with Gasteiger partial charge in [-0.1, -0.05) is 0 Å². The van der Waals surface area contributed by atoms with E-state index in [1.165, 1.54) is 13.0 Å². The summed E-state index contributed by atoms with van der Waals surface area (Å²) < 4.78 is 44.5. The molecule has 134 valence electrons. The first-order valence-corrected chi connectivity index (χ1v) is 7.54. The van der Waals surface area contributed by atoms with E-state index in [9.17, 15) is 27.9 Å². The SMILES string of the molecule is Cc1ccc(C(O)(CC(=O)NCCNC(=O)C2CC2)C(F)(F)F)o1. The molecule has 0 radical (unpaired) electrons. The van der Waals surface area contributed by atoms with Gasteiger partial charge in [0, 0.05) is 19.0 Å². The van der Waals surface area contributed by atoms with Crippen molar-refractivity contribution in [1.29, 1.82) is 0 Å². The highest BCUT2D eigenvalue weighted by Gasteiger charge is 2.58. The number of furan rings is 1. The van der Waals surface area contributed by atoms with E-state index >= 15 is 0 Å². The van der Waals surface area contributed by atoms with Crippen LogP contribution < -0.4 is 10.6 Å². The molecule has 2 amide bonds. The maximum atomic E-state index is 13.2. The van der Waals surface area contributed by atoms with E-state index in [4.69, 9.17) is 4.42 Å². The molecule has 1 aromatic heterocycles. The van der Waals surface area contributed by atoms with Crippen LogP contribution >= 0.6 is 0 Å². The van der Waals surface area contributed by atoms with Crippen LogP contribution in [0.1, 0.15) is 30.8 Å². The molecule has 0 aliphatic heterocycles. The van der Waals surface area contributed by atoms with E-state index < -0.39 is 29.9 Å². The summed E-state index contributed by atoms with van der Waals surface area (Å²) in [4.78, 5) is 23.1. The summed E-state index contributed by atoms with van der Waals surface area (Å²) in [5.74, 6) is -1.65. The summed E-state index contributed by atoms with van der Waals surface area (Å²) in [7, 11) is 0. The molecule has 0 saturated heterocycles. The third-order valence-electron chi connectivity index (χ3n) is 3.73. The molecule has 2 rings (SSSR count). The van der Waals surface area contributed by atoms with Gasteiger partial charge in [-0.25, -0.2) is 0 Å². The first kappa shape index (κ1) is 18.3. The summed E-state index contributed by atoms with van der Waals surface area (Å²) >= 11 is 0. The van der Waals surface area contributed by atoms with E-state index in [1.807, 2.05) is 0 Å². The minimum absolute atomic E-state index is 0.0122.